The molecule has 9 nitrogen and oxygen atoms in total. The quantitative estimate of drug-likeness (QED) is 0.0195. The van der Waals surface area contributed by atoms with Crippen LogP contribution in [0.3, 0.4) is 0 Å². The molecule has 536 valence electrons. The van der Waals surface area contributed by atoms with Gasteiger partial charge in [-0.25, -0.2) is 0 Å². The first-order valence-corrected chi connectivity index (χ1v) is 41.3. The summed E-state index contributed by atoms with van der Waals surface area (Å²) in [7, 11) is 1.19. The summed E-state index contributed by atoms with van der Waals surface area (Å²) in [5, 5.41) is 0. The predicted molar refractivity (Wildman–Crippen MR) is 393 cm³/mol. The van der Waals surface area contributed by atoms with Crippen LogP contribution in [0.1, 0.15) is 406 Å². The maximum atomic E-state index is 12.9. The Kier molecular flexibility index (Phi) is 70.6. The van der Waals surface area contributed by atoms with Crippen LogP contribution in [0.4, 0.5) is 0 Å². The summed E-state index contributed by atoms with van der Waals surface area (Å²) in [6, 6.07) is 0. The van der Waals surface area contributed by atoms with E-state index in [9.17, 15) is 19.0 Å². The van der Waals surface area contributed by atoms with E-state index in [0.717, 1.165) is 57.8 Å². The van der Waals surface area contributed by atoms with E-state index >= 15 is 0 Å². The molecular formula is C81H154NO8P. The number of quaternary nitrogens is 1. The fraction of sp³-hybridized carbons (Fsp3) is 0.877. The van der Waals surface area contributed by atoms with Gasteiger partial charge in [0.15, 0.2) is 6.10 Å². The number of carbonyl (C=O) groups is 2. The molecule has 91 heavy (non-hydrogen) atoms. The van der Waals surface area contributed by atoms with Crippen molar-refractivity contribution in [3.05, 3.63) is 48.6 Å². The molecule has 0 heterocycles. The molecule has 0 fully saturated rings. The minimum atomic E-state index is -4.64. The number of rotatable bonds is 75. The Morgan fingerprint density at radius 3 is 0.934 bits per heavy atom. The highest BCUT2D eigenvalue weighted by molar-refractivity contribution is 7.45. The van der Waals surface area contributed by atoms with Crippen LogP contribution in [0.5, 0.6) is 0 Å². The molecular weight excluding hydrogens is 1150 g/mol. The molecule has 0 saturated heterocycles. The van der Waals surface area contributed by atoms with Gasteiger partial charge in [-0.1, -0.05) is 390 Å². The van der Waals surface area contributed by atoms with E-state index < -0.39 is 26.5 Å². The Labute approximate surface area is 566 Å². The number of hydrogen-bond acceptors (Lipinski definition) is 8. The fourth-order valence-electron chi connectivity index (χ4n) is 12.1. The zero-order valence-electron chi connectivity index (χ0n) is 61.3. The number of carbonyl (C=O) groups excluding carboxylic acids is 2. The number of esters is 2. The number of ether oxygens (including phenoxy) is 2. The van der Waals surface area contributed by atoms with Gasteiger partial charge in [0.25, 0.3) is 7.82 Å². The lowest BCUT2D eigenvalue weighted by atomic mass is 10.0. The first-order valence-electron chi connectivity index (χ1n) is 39.8. The van der Waals surface area contributed by atoms with Crippen molar-refractivity contribution in [2.75, 3.05) is 47.5 Å². The molecule has 0 N–H and O–H groups in total. The molecule has 0 saturated carbocycles. The van der Waals surface area contributed by atoms with Crippen molar-refractivity contribution in [2.24, 2.45) is 0 Å². The van der Waals surface area contributed by atoms with Crippen LogP contribution in [-0.2, 0) is 32.7 Å². The van der Waals surface area contributed by atoms with Crippen LogP contribution in [0, 0.1) is 0 Å². The summed E-state index contributed by atoms with van der Waals surface area (Å²) in [6.45, 7) is 4.21. The number of unbranched alkanes of at least 4 members (excludes halogenated alkanes) is 53. The lowest BCUT2D eigenvalue weighted by Gasteiger charge is -2.28. The van der Waals surface area contributed by atoms with Crippen LogP contribution >= 0.6 is 7.82 Å². The van der Waals surface area contributed by atoms with Crippen molar-refractivity contribution in [2.45, 2.75) is 412 Å². The highest BCUT2D eigenvalue weighted by atomic mass is 31.2. The second-order valence-electron chi connectivity index (χ2n) is 28.4. The maximum absolute atomic E-state index is 12.9. The lowest BCUT2D eigenvalue weighted by Crippen LogP contribution is -2.37. The van der Waals surface area contributed by atoms with E-state index in [2.05, 4.69) is 62.5 Å². The minimum absolute atomic E-state index is 0.0278. The molecule has 0 aromatic carbocycles. The fourth-order valence-corrected chi connectivity index (χ4v) is 12.8. The van der Waals surface area contributed by atoms with E-state index in [-0.39, 0.29) is 32.0 Å². The number of hydrogen-bond donors (Lipinski definition) is 0. The van der Waals surface area contributed by atoms with E-state index in [1.165, 1.54) is 315 Å². The molecule has 0 aromatic rings. The molecule has 0 aromatic heterocycles. The summed E-state index contributed by atoms with van der Waals surface area (Å²) in [6.07, 6.45) is 95.3. The molecule has 2 atom stereocenters. The van der Waals surface area contributed by atoms with E-state index in [1.54, 1.807) is 0 Å². The molecule has 0 aliphatic carbocycles. The first kappa shape index (κ1) is 89.0. The van der Waals surface area contributed by atoms with Crippen molar-refractivity contribution < 1.29 is 42.1 Å². The third kappa shape index (κ3) is 76.9. The van der Waals surface area contributed by atoms with Crippen LogP contribution in [0.2, 0.25) is 0 Å². The third-order valence-corrected chi connectivity index (χ3v) is 19.1. The van der Waals surface area contributed by atoms with Gasteiger partial charge < -0.3 is 27.9 Å². The lowest BCUT2D eigenvalue weighted by molar-refractivity contribution is -0.870. The van der Waals surface area contributed by atoms with Crippen molar-refractivity contribution in [3.8, 4) is 0 Å². The topological polar surface area (TPSA) is 111 Å². The number of likely N-dealkylation sites (N-methyl/N-ethyl adjacent to an activating group) is 1. The van der Waals surface area contributed by atoms with E-state index in [4.69, 9.17) is 18.5 Å². The molecule has 0 aliphatic rings. The van der Waals surface area contributed by atoms with E-state index in [0.29, 0.717) is 17.4 Å². The Morgan fingerprint density at radius 1 is 0.352 bits per heavy atom. The highest BCUT2D eigenvalue weighted by Gasteiger charge is 2.22. The average Bonchev–Trinajstić information content (AvgIpc) is 3.62. The van der Waals surface area contributed by atoms with Crippen LogP contribution in [-0.4, -0.2) is 70.0 Å². The Bertz CT molecular complexity index is 1670. The van der Waals surface area contributed by atoms with Gasteiger partial charge in [-0.05, 0) is 51.4 Å². The normalized spacial score (nSPS) is 13.3. The van der Waals surface area contributed by atoms with Crippen LogP contribution in [0.25, 0.3) is 0 Å². The van der Waals surface area contributed by atoms with Gasteiger partial charge in [0.05, 0.1) is 27.7 Å². The molecule has 0 bridgehead atoms. The summed E-state index contributed by atoms with van der Waals surface area (Å²) in [5.41, 5.74) is 0. The zero-order chi connectivity index (χ0) is 66.2. The van der Waals surface area contributed by atoms with Gasteiger partial charge in [-0.2, -0.15) is 0 Å². The Balaban J connectivity index is 3.91. The van der Waals surface area contributed by atoms with Crippen molar-refractivity contribution in [1.82, 2.24) is 0 Å². The molecule has 0 radical (unpaired) electrons. The maximum Gasteiger partial charge on any atom is 0.306 e. The highest BCUT2D eigenvalue weighted by Crippen LogP contribution is 2.38. The summed E-state index contributed by atoms with van der Waals surface area (Å²) < 4.78 is 34.4. The van der Waals surface area contributed by atoms with Gasteiger partial charge in [0, 0.05) is 12.8 Å². The van der Waals surface area contributed by atoms with Gasteiger partial charge in [-0.15, -0.1) is 0 Å². The van der Waals surface area contributed by atoms with Crippen LogP contribution in [0.15, 0.2) is 48.6 Å². The van der Waals surface area contributed by atoms with Crippen LogP contribution < -0.4 is 4.89 Å². The van der Waals surface area contributed by atoms with Crippen molar-refractivity contribution in [1.29, 1.82) is 0 Å². The standard InChI is InChI=1S/C81H154NO8P/c1-6-8-10-12-14-16-18-20-22-24-26-28-30-32-34-36-38-40-42-43-45-47-49-51-53-55-57-59-61-63-65-67-69-71-73-80(83)87-77-79(78-89-91(85,86)88-76-75-82(3,4)5)90-81(84)74-72-70-68-66-64-62-60-58-56-54-52-50-48-46-44-41-39-37-35-33-31-29-27-25-23-21-19-17-15-13-11-9-7-2/h9,11,15,17,21,23,27,29,79H,6-8,10,12-14,16,18-20,22,24-26,28,30-78H2,1-5H3/b11-9-,17-15-,23-21-,29-27-. The van der Waals surface area contributed by atoms with Crippen molar-refractivity contribution >= 4 is 19.8 Å². The molecule has 0 amide bonds. The predicted octanol–water partition coefficient (Wildman–Crippen LogP) is 25.7. The Hall–Kier alpha value is -2.03. The number of phosphoric acid groups is 1. The number of allylic oxidation sites excluding steroid dienone is 8. The number of nitrogens with zero attached hydrogens (tertiary/aromatic N) is 1. The second kappa shape index (κ2) is 72.2. The summed E-state index contributed by atoms with van der Waals surface area (Å²) in [5.74, 6) is -0.808. The molecule has 0 spiro atoms. The monoisotopic (exact) mass is 1300 g/mol. The first-order chi connectivity index (χ1) is 44.5. The van der Waals surface area contributed by atoms with E-state index in [1.807, 2.05) is 21.1 Å². The van der Waals surface area contributed by atoms with Crippen molar-refractivity contribution in [3.63, 3.8) is 0 Å². The van der Waals surface area contributed by atoms with Gasteiger partial charge in [-0.3, -0.25) is 14.2 Å². The zero-order valence-corrected chi connectivity index (χ0v) is 62.2. The van der Waals surface area contributed by atoms with Gasteiger partial charge in [0.2, 0.25) is 0 Å². The SMILES string of the molecule is CC/C=C\C/C=C\C/C=C\C/C=C\CCCCCCCCCCCCCCCCCCCCCCC(=O)OC(COC(=O)CCCCCCCCCCCCCCCCCCCCCCCCCCCCCCCCCCCC)COP(=O)([O-])OCC[N+](C)(C)C. The molecule has 2 unspecified atom stereocenters. The summed E-state index contributed by atoms with van der Waals surface area (Å²) >= 11 is 0. The Morgan fingerprint density at radius 2 is 0.626 bits per heavy atom. The molecule has 10 heteroatoms. The summed E-state index contributed by atoms with van der Waals surface area (Å²) in [4.78, 5) is 38.2. The second-order valence-corrected chi connectivity index (χ2v) is 29.8. The minimum Gasteiger partial charge on any atom is -0.756 e. The largest absolute Gasteiger partial charge is 0.756 e. The third-order valence-electron chi connectivity index (χ3n) is 18.1. The molecule has 0 rings (SSSR count). The van der Waals surface area contributed by atoms with Gasteiger partial charge in [0.1, 0.15) is 19.8 Å². The number of phosphoric ester groups is 1. The smallest absolute Gasteiger partial charge is 0.306 e. The van der Waals surface area contributed by atoms with Gasteiger partial charge >= 0.3 is 11.9 Å². The molecule has 0 aliphatic heterocycles. The average molecular weight is 1300 g/mol.